The number of furan rings is 1. The number of amides is 1. The molecular formula is C20H24N4O2S. The standard InChI is InChI=1S/C20H24N4O2S/c1-12(2)17-21-18(16-13(3)14(4)27-19(16)22-17)23-7-9-24(10-8-23)20(25)15-6-5-11-26-15/h5-6,11-12H,7-10H2,1-4H3. The molecule has 3 aromatic heterocycles. The van der Waals surface area contributed by atoms with Gasteiger partial charge in [0.25, 0.3) is 5.91 Å². The molecular weight excluding hydrogens is 360 g/mol. The number of anilines is 1. The molecule has 142 valence electrons. The monoisotopic (exact) mass is 384 g/mol. The van der Waals surface area contributed by atoms with Crippen molar-refractivity contribution >= 4 is 33.3 Å². The topological polar surface area (TPSA) is 62.5 Å². The van der Waals surface area contributed by atoms with Gasteiger partial charge in [-0.05, 0) is 31.5 Å². The third-order valence-corrected chi connectivity index (χ3v) is 6.24. The summed E-state index contributed by atoms with van der Waals surface area (Å²) in [4.78, 5) is 28.7. The molecule has 1 amide bonds. The minimum atomic E-state index is -0.0436. The Balaban J connectivity index is 1.62. The van der Waals surface area contributed by atoms with Gasteiger partial charge < -0.3 is 14.2 Å². The number of hydrogen-bond acceptors (Lipinski definition) is 6. The lowest BCUT2D eigenvalue weighted by Gasteiger charge is -2.35. The molecule has 0 saturated carbocycles. The molecule has 3 aromatic rings. The maximum Gasteiger partial charge on any atom is 0.289 e. The van der Waals surface area contributed by atoms with Crippen molar-refractivity contribution in [3.8, 4) is 0 Å². The smallest absolute Gasteiger partial charge is 0.289 e. The zero-order chi connectivity index (χ0) is 19.1. The average Bonchev–Trinajstić information content (AvgIpc) is 3.29. The zero-order valence-electron chi connectivity index (χ0n) is 16.2. The second-order valence-electron chi connectivity index (χ2n) is 7.28. The van der Waals surface area contributed by atoms with Crippen molar-refractivity contribution in [3.05, 3.63) is 40.4 Å². The van der Waals surface area contributed by atoms with E-state index in [2.05, 4.69) is 32.6 Å². The zero-order valence-corrected chi connectivity index (χ0v) is 17.0. The van der Waals surface area contributed by atoms with Crippen LogP contribution in [0.3, 0.4) is 0 Å². The van der Waals surface area contributed by atoms with Crippen LogP contribution in [0.2, 0.25) is 0 Å². The fourth-order valence-corrected chi connectivity index (χ4v) is 4.44. The minimum absolute atomic E-state index is 0.0436. The van der Waals surface area contributed by atoms with E-state index in [9.17, 15) is 4.79 Å². The highest BCUT2D eigenvalue weighted by Gasteiger charge is 2.27. The third kappa shape index (κ3) is 3.20. The van der Waals surface area contributed by atoms with Crippen LogP contribution >= 0.6 is 11.3 Å². The predicted molar refractivity (Wildman–Crippen MR) is 108 cm³/mol. The number of aromatic nitrogens is 2. The average molecular weight is 385 g/mol. The van der Waals surface area contributed by atoms with Crippen LogP contribution in [0.15, 0.2) is 22.8 Å². The van der Waals surface area contributed by atoms with Gasteiger partial charge in [0, 0.05) is 37.0 Å². The fourth-order valence-electron chi connectivity index (χ4n) is 3.41. The Hall–Kier alpha value is -2.41. The Bertz CT molecular complexity index is 970. The highest BCUT2D eigenvalue weighted by Crippen LogP contribution is 2.36. The van der Waals surface area contributed by atoms with Crippen LogP contribution in [-0.2, 0) is 0 Å². The minimum Gasteiger partial charge on any atom is -0.459 e. The van der Waals surface area contributed by atoms with Gasteiger partial charge in [-0.15, -0.1) is 11.3 Å². The van der Waals surface area contributed by atoms with Gasteiger partial charge in [0.1, 0.15) is 16.5 Å². The number of fused-ring (bicyclic) bond motifs is 1. The van der Waals surface area contributed by atoms with E-state index in [1.54, 1.807) is 23.5 Å². The summed E-state index contributed by atoms with van der Waals surface area (Å²) in [5.41, 5.74) is 1.26. The van der Waals surface area contributed by atoms with E-state index in [1.807, 2.05) is 4.90 Å². The first-order valence-electron chi connectivity index (χ1n) is 9.31. The summed E-state index contributed by atoms with van der Waals surface area (Å²) in [5.74, 6) is 2.53. The van der Waals surface area contributed by atoms with Gasteiger partial charge in [0.05, 0.1) is 11.6 Å². The Morgan fingerprint density at radius 2 is 1.93 bits per heavy atom. The molecule has 1 aliphatic rings. The molecule has 4 heterocycles. The lowest BCUT2D eigenvalue weighted by Crippen LogP contribution is -2.49. The molecule has 7 heteroatoms. The quantitative estimate of drug-likeness (QED) is 0.683. The summed E-state index contributed by atoms with van der Waals surface area (Å²) in [6.07, 6.45) is 1.54. The maximum absolute atomic E-state index is 12.5. The summed E-state index contributed by atoms with van der Waals surface area (Å²) in [7, 11) is 0. The van der Waals surface area contributed by atoms with Gasteiger partial charge in [-0.1, -0.05) is 13.8 Å². The number of piperazine rings is 1. The Morgan fingerprint density at radius 1 is 1.19 bits per heavy atom. The summed E-state index contributed by atoms with van der Waals surface area (Å²) < 4.78 is 5.25. The molecule has 1 fully saturated rings. The Kier molecular flexibility index (Phi) is 4.63. The number of hydrogen-bond donors (Lipinski definition) is 0. The molecule has 1 aliphatic heterocycles. The van der Waals surface area contributed by atoms with Crippen molar-refractivity contribution in [2.24, 2.45) is 0 Å². The van der Waals surface area contributed by atoms with Crippen LogP contribution in [0.5, 0.6) is 0 Å². The molecule has 6 nitrogen and oxygen atoms in total. The number of aryl methyl sites for hydroxylation is 2. The van der Waals surface area contributed by atoms with Crippen molar-refractivity contribution in [2.45, 2.75) is 33.6 Å². The third-order valence-electron chi connectivity index (χ3n) is 5.14. The first-order chi connectivity index (χ1) is 13.0. The second kappa shape index (κ2) is 6.96. The number of rotatable bonds is 3. The summed E-state index contributed by atoms with van der Waals surface area (Å²) in [6.45, 7) is 11.4. The van der Waals surface area contributed by atoms with Crippen LogP contribution in [0.25, 0.3) is 10.2 Å². The SMILES string of the molecule is Cc1sc2nc(C(C)C)nc(N3CCN(C(=O)c4ccco4)CC3)c2c1C. The van der Waals surface area contributed by atoms with E-state index >= 15 is 0 Å². The van der Waals surface area contributed by atoms with E-state index in [1.165, 1.54) is 16.7 Å². The van der Waals surface area contributed by atoms with Crippen molar-refractivity contribution in [1.82, 2.24) is 14.9 Å². The van der Waals surface area contributed by atoms with Crippen molar-refractivity contribution in [3.63, 3.8) is 0 Å². The van der Waals surface area contributed by atoms with Crippen LogP contribution in [0, 0.1) is 13.8 Å². The van der Waals surface area contributed by atoms with Gasteiger partial charge >= 0.3 is 0 Å². The number of nitrogens with zero attached hydrogens (tertiary/aromatic N) is 4. The molecule has 27 heavy (non-hydrogen) atoms. The van der Waals surface area contributed by atoms with Gasteiger partial charge in [0.15, 0.2) is 5.76 Å². The molecule has 4 rings (SSSR count). The number of carbonyl (C=O) groups is 1. The first-order valence-corrected chi connectivity index (χ1v) is 10.1. The van der Waals surface area contributed by atoms with Gasteiger partial charge in [-0.3, -0.25) is 4.79 Å². The van der Waals surface area contributed by atoms with E-state index in [-0.39, 0.29) is 11.8 Å². The van der Waals surface area contributed by atoms with Crippen molar-refractivity contribution in [1.29, 1.82) is 0 Å². The Morgan fingerprint density at radius 3 is 2.56 bits per heavy atom. The summed E-state index contributed by atoms with van der Waals surface area (Å²) >= 11 is 1.74. The van der Waals surface area contributed by atoms with E-state index < -0.39 is 0 Å². The molecule has 0 aromatic carbocycles. The second-order valence-corrected chi connectivity index (χ2v) is 8.48. The molecule has 0 N–H and O–H groups in total. The highest BCUT2D eigenvalue weighted by molar-refractivity contribution is 7.18. The van der Waals surface area contributed by atoms with E-state index in [0.717, 1.165) is 34.9 Å². The lowest BCUT2D eigenvalue weighted by atomic mass is 10.1. The molecule has 0 aliphatic carbocycles. The molecule has 0 unspecified atom stereocenters. The van der Waals surface area contributed by atoms with Gasteiger partial charge in [0.2, 0.25) is 0 Å². The molecule has 0 atom stereocenters. The largest absolute Gasteiger partial charge is 0.459 e. The highest BCUT2D eigenvalue weighted by atomic mass is 32.1. The van der Waals surface area contributed by atoms with Crippen molar-refractivity contribution in [2.75, 3.05) is 31.1 Å². The van der Waals surface area contributed by atoms with Crippen molar-refractivity contribution < 1.29 is 9.21 Å². The summed E-state index contributed by atoms with van der Waals surface area (Å²) in [5, 5.41) is 1.16. The van der Waals surface area contributed by atoms with E-state index in [0.29, 0.717) is 18.8 Å². The van der Waals surface area contributed by atoms with Gasteiger partial charge in [-0.25, -0.2) is 9.97 Å². The fraction of sp³-hybridized carbons (Fsp3) is 0.450. The van der Waals surface area contributed by atoms with Crippen LogP contribution in [0.4, 0.5) is 5.82 Å². The van der Waals surface area contributed by atoms with Gasteiger partial charge in [-0.2, -0.15) is 0 Å². The number of carbonyl (C=O) groups excluding carboxylic acids is 1. The van der Waals surface area contributed by atoms with Crippen LogP contribution in [-0.4, -0.2) is 47.0 Å². The normalized spacial score (nSPS) is 15.1. The predicted octanol–water partition coefficient (Wildman–Crippen LogP) is 3.99. The van der Waals surface area contributed by atoms with Crippen LogP contribution in [0.1, 0.15) is 46.6 Å². The molecule has 0 bridgehead atoms. The molecule has 0 spiro atoms. The van der Waals surface area contributed by atoms with Crippen LogP contribution < -0.4 is 4.90 Å². The number of thiophene rings is 1. The summed E-state index contributed by atoms with van der Waals surface area (Å²) in [6, 6.07) is 3.46. The maximum atomic E-state index is 12.5. The first kappa shape index (κ1) is 18.0. The Labute approximate surface area is 162 Å². The van der Waals surface area contributed by atoms with E-state index in [4.69, 9.17) is 14.4 Å². The lowest BCUT2D eigenvalue weighted by molar-refractivity contribution is 0.0714. The molecule has 1 saturated heterocycles. The molecule has 0 radical (unpaired) electrons.